The van der Waals surface area contributed by atoms with Crippen LogP contribution in [0.4, 0.5) is 0 Å². The number of epoxide rings is 2. The van der Waals surface area contributed by atoms with E-state index < -0.39 is 5.60 Å². The molecule has 0 bridgehead atoms. The highest BCUT2D eigenvalue weighted by Crippen LogP contribution is 2.42. The molecule has 0 radical (unpaired) electrons. The van der Waals surface area contributed by atoms with Crippen molar-refractivity contribution in [1.82, 2.24) is 0 Å². The quantitative estimate of drug-likeness (QED) is 0.288. The fraction of sp³-hybridized carbons (Fsp3) is 0.923. The van der Waals surface area contributed by atoms with Gasteiger partial charge in [-0.3, -0.25) is 9.59 Å². The number of ether oxygens (including phenoxy) is 4. The van der Waals surface area contributed by atoms with Crippen molar-refractivity contribution in [3.63, 3.8) is 0 Å². The van der Waals surface area contributed by atoms with E-state index in [4.69, 9.17) is 18.9 Å². The van der Waals surface area contributed by atoms with E-state index in [1.54, 1.807) is 0 Å². The van der Waals surface area contributed by atoms with Crippen LogP contribution in [0.3, 0.4) is 0 Å². The van der Waals surface area contributed by atoms with Crippen LogP contribution in [0.25, 0.3) is 0 Å². The Bertz CT molecular complexity index is 665. The fourth-order valence-corrected chi connectivity index (χ4v) is 5.51. The van der Waals surface area contributed by atoms with E-state index in [0.717, 1.165) is 57.8 Å². The van der Waals surface area contributed by atoms with Crippen molar-refractivity contribution >= 4 is 11.6 Å². The lowest BCUT2D eigenvalue weighted by molar-refractivity contribution is -0.148. The van der Waals surface area contributed by atoms with E-state index in [2.05, 4.69) is 0 Å². The molecule has 2 heterocycles. The first-order valence-electron chi connectivity index (χ1n) is 13.0. The first kappa shape index (κ1) is 24.3. The molecule has 0 N–H and O–H groups in total. The van der Waals surface area contributed by atoms with Crippen molar-refractivity contribution in [2.45, 2.75) is 128 Å². The van der Waals surface area contributed by atoms with Crippen LogP contribution in [0.5, 0.6) is 0 Å². The third-order valence-electron chi connectivity index (χ3n) is 8.21. The minimum absolute atomic E-state index is 0.0784. The summed E-state index contributed by atoms with van der Waals surface area (Å²) in [6, 6.07) is 0. The van der Waals surface area contributed by atoms with E-state index in [9.17, 15) is 9.59 Å². The lowest BCUT2D eigenvalue weighted by Crippen LogP contribution is -2.43. The average molecular weight is 451 g/mol. The minimum Gasteiger partial charge on any atom is -0.370 e. The lowest BCUT2D eigenvalue weighted by atomic mass is 9.79. The Labute approximate surface area is 193 Å². The molecule has 2 aliphatic carbocycles. The predicted molar refractivity (Wildman–Crippen MR) is 121 cm³/mol. The molecule has 0 aromatic carbocycles. The number of carbonyl (C=O) groups excluding carboxylic acids is 2. The zero-order valence-corrected chi connectivity index (χ0v) is 20.2. The Morgan fingerprint density at radius 2 is 1.69 bits per heavy atom. The smallest absolute Gasteiger partial charge is 0.167 e. The summed E-state index contributed by atoms with van der Waals surface area (Å²) in [5.74, 6) is 1.05. The van der Waals surface area contributed by atoms with Gasteiger partial charge in [0.15, 0.2) is 11.6 Å². The fourth-order valence-electron chi connectivity index (χ4n) is 5.51. The molecule has 4 rings (SSSR count). The molecule has 32 heavy (non-hydrogen) atoms. The molecule has 182 valence electrons. The summed E-state index contributed by atoms with van der Waals surface area (Å²) < 4.78 is 23.1. The SMILES string of the molecule is CCC(C)(OCCCCCC(=O)C(C)OCC1CCC2OC2C1)C(=O)C1CCC2OC2C1. The standard InChI is InChI=1S/C26H42O6/c1-4-26(3,25(28)19-10-12-22-24(15-19)32-22)30-13-7-5-6-8-20(27)17(2)29-16-18-9-11-21-23(14-18)31-21/h17-19,21-24H,4-16H2,1-3H3. The van der Waals surface area contributed by atoms with Gasteiger partial charge in [-0.1, -0.05) is 13.3 Å². The zero-order chi connectivity index (χ0) is 22.7. The van der Waals surface area contributed by atoms with Crippen LogP contribution in [-0.2, 0) is 28.5 Å². The van der Waals surface area contributed by atoms with Crippen LogP contribution in [0, 0.1) is 11.8 Å². The largest absolute Gasteiger partial charge is 0.370 e. The molecule has 0 amide bonds. The van der Waals surface area contributed by atoms with Crippen molar-refractivity contribution in [2.75, 3.05) is 13.2 Å². The molecular formula is C26H42O6. The molecule has 6 nitrogen and oxygen atoms in total. The summed E-state index contributed by atoms with van der Waals surface area (Å²) in [7, 11) is 0. The van der Waals surface area contributed by atoms with E-state index in [1.807, 2.05) is 20.8 Å². The third kappa shape index (κ3) is 6.19. The monoisotopic (exact) mass is 450 g/mol. The van der Waals surface area contributed by atoms with Crippen molar-refractivity contribution in [3.8, 4) is 0 Å². The Balaban J connectivity index is 1.06. The molecule has 6 heteroatoms. The van der Waals surface area contributed by atoms with Gasteiger partial charge in [-0.15, -0.1) is 0 Å². The molecule has 8 atom stereocenters. The Morgan fingerprint density at radius 1 is 0.969 bits per heavy atom. The molecule has 4 aliphatic rings. The van der Waals surface area contributed by atoms with Crippen LogP contribution in [0.15, 0.2) is 0 Å². The zero-order valence-electron chi connectivity index (χ0n) is 20.2. The summed E-state index contributed by atoms with van der Waals surface area (Å²) in [6.07, 6.45) is 11.4. The summed E-state index contributed by atoms with van der Waals surface area (Å²) >= 11 is 0. The highest BCUT2D eigenvalue weighted by atomic mass is 16.6. The van der Waals surface area contributed by atoms with Crippen molar-refractivity contribution in [1.29, 1.82) is 0 Å². The predicted octanol–water partition coefficient (Wildman–Crippen LogP) is 4.41. The number of unbranched alkanes of at least 4 members (excludes halogenated alkanes) is 2. The molecule has 2 aliphatic heterocycles. The minimum atomic E-state index is -0.699. The van der Waals surface area contributed by atoms with Crippen LogP contribution in [0.2, 0.25) is 0 Å². The van der Waals surface area contributed by atoms with Gasteiger partial charge in [0, 0.05) is 18.9 Å². The third-order valence-corrected chi connectivity index (χ3v) is 8.21. The van der Waals surface area contributed by atoms with E-state index in [0.29, 0.717) is 56.4 Å². The van der Waals surface area contributed by atoms with Crippen molar-refractivity contribution in [3.05, 3.63) is 0 Å². The molecular weight excluding hydrogens is 408 g/mol. The van der Waals surface area contributed by atoms with Gasteiger partial charge in [-0.25, -0.2) is 0 Å². The molecule has 8 unspecified atom stereocenters. The van der Waals surface area contributed by atoms with Gasteiger partial charge in [0.05, 0.1) is 31.0 Å². The maximum absolute atomic E-state index is 13.0. The lowest BCUT2D eigenvalue weighted by Gasteiger charge is -2.32. The summed E-state index contributed by atoms with van der Waals surface area (Å²) in [5, 5.41) is 0. The molecule has 2 saturated carbocycles. The Hall–Kier alpha value is -0.820. The van der Waals surface area contributed by atoms with Gasteiger partial charge in [-0.2, -0.15) is 0 Å². The van der Waals surface area contributed by atoms with Crippen LogP contribution in [-0.4, -0.2) is 60.9 Å². The number of fused-ring (bicyclic) bond motifs is 2. The van der Waals surface area contributed by atoms with Crippen LogP contribution < -0.4 is 0 Å². The Morgan fingerprint density at radius 3 is 2.38 bits per heavy atom. The van der Waals surface area contributed by atoms with E-state index >= 15 is 0 Å². The van der Waals surface area contributed by atoms with Crippen LogP contribution in [0.1, 0.15) is 91.4 Å². The van der Waals surface area contributed by atoms with Gasteiger partial charge >= 0.3 is 0 Å². The molecule has 0 spiro atoms. The molecule has 4 fully saturated rings. The Kier molecular flexibility index (Phi) is 8.07. The molecule has 0 aromatic rings. The van der Waals surface area contributed by atoms with E-state index in [1.165, 1.54) is 0 Å². The maximum Gasteiger partial charge on any atom is 0.167 e. The van der Waals surface area contributed by atoms with E-state index in [-0.39, 0.29) is 23.6 Å². The van der Waals surface area contributed by atoms with Crippen LogP contribution >= 0.6 is 0 Å². The van der Waals surface area contributed by atoms with Crippen molar-refractivity contribution in [2.24, 2.45) is 11.8 Å². The molecule has 0 aromatic heterocycles. The second kappa shape index (κ2) is 10.6. The van der Waals surface area contributed by atoms with Gasteiger partial charge in [0.2, 0.25) is 0 Å². The maximum atomic E-state index is 13.0. The molecule has 2 saturated heterocycles. The van der Waals surface area contributed by atoms with Gasteiger partial charge < -0.3 is 18.9 Å². The second-order valence-corrected chi connectivity index (χ2v) is 10.7. The number of Topliss-reactive ketones (excluding diaryl/α,β-unsaturated/α-hetero) is 2. The average Bonchev–Trinajstić information content (AvgIpc) is 3.72. The number of hydrogen-bond acceptors (Lipinski definition) is 6. The number of rotatable bonds is 14. The number of ketones is 2. The highest BCUT2D eigenvalue weighted by molar-refractivity contribution is 5.89. The summed E-state index contributed by atoms with van der Waals surface area (Å²) in [5.41, 5.74) is -0.699. The first-order chi connectivity index (χ1) is 15.4. The first-order valence-corrected chi connectivity index (χ1v) is 13.0. The summed E-state index contributed by atoms with van der Waals surface area (Å²) in [6.45, 7) is 7.09. The van der Waals surface area contributed by atoms with Gasteiger partial charge in [0.1, 0.15) is 11.7 Å². The van der Waals surface area contributed by atoms with Gasteiger partial charge in [-0.05, 0) is 77.6 Å². The highest BCUT2D eigenvalue weighted by Gasteiger charge is 2.48. The van der Waals surface area contributed by atoms with Crippen molar-refractivity contribution < 1.29 is 28.5 Å². The number of hydrogen-bond donors (Lipinski definition) is 0. The second-order valence-electron chi connectivity index (χ2n) is 10.7. The van der Waals surface area contributed by atoms with Gasteiger partial charge in [0.25, 0.3) is 0 Å². The summed E-state index contributed by atoms with van der Waals surface area (Å²) in [4.78, 5) is 25.4. The topological polar surface area (TPSA) is 77.7 Å². The normalized spacial score (nSPS) is 35.8. The number of carbonyl (C=O) groups is 2.